The molecular formula is C23H21N3O3S. The van der Waals surface area contributed by atoms with Gasteiger partial charge in [0.1, 0.15) is 5.65 Å². The van der Waals surface area contributed by atoms with Crippen LogP contribution < -0.4 is 5.56 Å². The van der Waals surface area contributed by atoms with E-state index in [1.165, 1.54) is 22.3 Å². The maximum atomic E-state index is 13.4. The van der Waals surface area contributed by atoms with E-state index in [2.05, 4.69) is 9.97 Å². The average Bonchev–Trinajstić information content (AvgIpc) is 2.74. The van der Waals surface area contributed by atoms with Crippen molar-refractivity contribution in [3.8, 4) is 5.69 Å². The minimum absolute atomic E-state index is 0.166. The van der Waals surface area contributed by atoms with E-state index in [0.29, 0.717) is 23.3 Å². The smallest absolute Gasteiger partial charge is 0.259 e. The molecule has 30 heavy (non-hydrogen) atoms. The fraction of sp³-hybridized carbons (Fsp3) is 0.174. The lowest BCUT2D eigenvalue weighted by atomic mass is 10.0. The summed E-state index contributed by atoms with van der Waals surface area (Å²) in [6.45, 7) is 0. The van der Waals surface area contributed by atoms with Gasteiger partial charge in [-0.15, -0.1) is 0 Å². The Bertz CT molecular complexity index is 1360. The summed E-state index contributed by atoms with van der Waals surface area (Å²) >= 11 is 0. The molecule has 1 aromatic carbocycles. The molecule has 3 heterocycles. The Morgan fingerprint density at radius 3 is 2.50 bits per heavy atom. The van der Waals surface area contributed by atoms with Gasteiger partial charge in [0, 0.05) is 35.8 Å². The van der Waals surface area contributed by atoms with Gasteiger partial charge < -0.3 is 0 Å². The molecule has 0 N–H and O–H groups in total. The molecular weight excluding hydrogens is 398 g/mol. The number of aromatic nitrogens is 3. The highest BCUT2D eigenvalue weighted by atomic mass is 32.2. The first-order chi connectivity index (χ1) is 14.4. The number of hydrogen-bond acceptors (Lipinski definition) is 5. The fourth-order valence-electron chi connectivity index (χ4n) is 3.50. The second-order valence-corrected chi connectivity index (χ2v) is 9.22. The molecule has 3 aromatic heterocycles. The molecule has 4 rings (SSSR count). The van der Waals surface area contributed by atoms with Crippen LogP contribution in [0.2, 0.25) is 0 Å². The van der Waals surface area contributed by atoms with Crippen molar-refractivity contribution in [3.05, 3.63) is 94.7 Å². The van der Waals surface area contributed by atoms with E-state index in [1.807, 2.05) is 30.3 Å². The first kappa shape index (κ1) is 20.0. The van der Waals surface area contributed by atoms with Gasteiger partial charge in [0.2, 0.25) is 0 Å². The number of pyridine rings is 3. The second kappa shape index (κ2) is 8.20. The molecule has 0 radical (unpaired) electrons. The molecule has 152 valence electrons. The van der Waals surface area contributed by atoms with Crippen LogP contribution in [0.15, 0.2) is 82.9 Å². The first-order valence-corrected chi connectivity index (χ1v) is 11.5. The fourth-order valence-corrected chi connectivity index (χ4v) is 4.16. The Hall–Kier alpha value is -3.32. The molecule has 4 aromatic rings. The van der Waals surface area contributed by atoms with E-state index in [1.54, 1.807) is 30.7 Å². The van der Waals surface area contributed by atoms with Gasteiger partial charge in [-0.2, -0.15) is 0 Å². The Morgan fingerprint density at radius 1 is 0.933 bits per heavy atom. The monoisotopic (exact) mass is 419 g/mol. The third-order valence-electron chi connectivity index (χ3n) is 5.00. The molecule has 0 saturated carbocycles. The van der Waals surface area contributed by atoms with Gasteiger partial charge in [-0.05, 0) is 73.4 Å². The van der Waals surface area contributed by atoms with Gasteiger partial charge in [-0.1, -0.05) is 6.07 Å². The summed E-state index contributed by atoms with van der Waals surface area (Å²) in [6.07, 6.45) is 8.57. The number of rotatable bonds is 6. The van der Waals surface area contributed by atoms with E-state index in [4.69, 9.17) is 0 Å². The summed E-state index contributed by atoms with van der Waals surface area (Å²) < 4.78 is 25.5. The van der Waals surface area contributed by atoms with Crippen molar-refractivity contribution in [2.45, 2.75) is 24.2 Å². The second-order valence-electron chi connectivity index (χ2n) is 7.20. The van der Waals surface area contributed by atoms with Crippen LogP contribution in [0, 0.1) is 0 Å². The lowest BCUT2D eigenvalue weighted by Gasteiger charge is -2.13. The molecule has 0 bridgehead atoms. The number of fused-ring (bicyclic) bond motifs is 1. The first-order valence-electron chi connectivity index (χ1n) is 9.62. The lowest BCUT2D eigenvalue weighted by Crippen LogP contribution is -2.23. The van der Waals surface area contributed by atoms with Crippen LogP contribution in [0.4, 0.5) is 0 Å². The molecule has 0 spiro atoms. The zero-order valence-electron chi connectivity index (χ0n) is 16.5. The maximum absolute atomic E-state index is 13.4. The van der Waals surface area contributed by atoms with Crippen molar-refractivity contribution in [1.82, 2.24) is 14.5 Å². The van der Waals surface area contributed by atoms with E-state index in [9.17, 15) is 13.2 Å². The highest BCUT2D eigenvalue weighted by Crippen LogP contribution is 2.19. The highest BCUT2D eigenvalue weighted by Gasteiger charge is 2.14. The Kier molecular flexibility index (Phi) is 5.46. The third kappa shape index (κ3) is 4.16. The van der Waals surface area contributed by atoms with E-state index < -0.39 is 9.84 Å². The number of benzene rings is 1. The van der Waals surface area contributed by atoms with Gasteiger partial charge >= 0.3 is 0 Å². The predicted molar refractivity (Wildman–Crippen MR) is 117 cm³/mol. The minimum atomic E-state index is -3.40. The van der Waals surface area contributed by atoms with Crippen molar-refractivity contribution in [3.63, 3.8) is 0 Å². The van der Waals surface area contributed by atoms with Crippen LogP contribution in [0.3, 0.4) is 0 Å². The molecule has 7 heteroatoms. The molecule has 0 amide bonds. The minimum Gasteiger partial charge on any atom is -0.269 e. The molecule has 0 fully saturated rings. The molecule has 0 unspecified atom stereocenters. The topological polar surface area (TPSA) is 81.9 Å². The van der Waals surface area contributed by atoms with Crippen molar-refractivity contribution < 1.29 is 8.42 Å². The molecule has 0 aliphatic rings. The van der Waals surface area contributed by atoms with E-state index >= 15 is 0 Å². The van der Waals surface area contributed by atoms with Gasteiger partial charge in [0.25, 0.3) is 5.56 Å². The van der Waals surface area contributed by atoms with Crippen LogP contribution in [-0.4, -0.2) is 29.2 Å². The summed E-state index contributed by atoms with van der Waals surface area (Å²) in [4.78, 5) is 21.9. The van der Waals surface area contributed by atoms with Crippen LogP contribution in [0.1, 0.15) is 17.5 Å². The SMILES string of the molecule is CS(=O)(=O)c1cccc(-n2c(=O)c(CCCc3ccncc3)cc3cccnc32)c1. The van der Waals surface area contributed by atoms with Crippen molar-refractivity contribution >= 4 is 20.9 Å². The summed E-state index contributed by atoms with van der Waals surface area (Å²) in [5, 5.41) is 0.834. The van der Waals surface area contributed by atoms with Crippen molar-refractivity contribution in [1.29, 1.82) is 0 Å². The standard InChI is InChI=1S/C23H21N3O3S/c1-30(28,29)21-9-3-8-20(16-21)26-22-18(7-4-12-25-22)15-19(23(26)27)6-2-5-17-10-13-24-14-11-17/h3-4,7-16H,2,5-6H2,1H3. The maximum Gasteiger partial charge on any atom is 0.259 e. The molecule has 0 aliphatic carbocycles. The quantitative estimate of drug-likeness (QED) is 0.479. The van der Waals surface area contributed by atoms with Gasteiger partial charge in [-0.25, -0.2) is 13.4 Å². The Morgan fingerprint density at radius 2 is 1.73 bits per heavy atom. The summed E-state index contributed by atoms with van der Waals surface area (Å²) in [5.41, 5.74) is 2.66. The number of aryl methyl sites for hydroxylation is 2. The van der Waals surface area contributed by atoms with Crippen LogP contribution in [-0.2, 0) is 22.7 Å². The summed E-state index contributed by atoms with van der Waals surface area (Å²) in [7, 11) is -3.40. The molecule has 0 aliphatic heterocycles. The zero-order valence-corrected chi connectivity index (χ0v) is 17.3. The summed E-state index contributed by atoms with van der Waals surface area (Å²) in [6, 6.07) is 16.0. The van der Waals surface area contributed by atoms with Crippen LogP contribution in [0.25, 0.3) is 16.7 Å². The molecule has 0 atom stereocenters. The lowest BCUT2D eigenvalue weighted by molar-refractivity contribution is 0.602. The molecule has 6 nitrogen and oxygen atoms in total. The zero-order chi connectivity index (χ0) is 21.1. The average molecular weight is 420 g/mol. The van der Waals surface area contributed by atoms with Gasteiger partial charge in [-0.3, -0.25) is 14.3 Å². The van der Waals surface area contributed by atoms with Crippen LogP contribution in [0.5, 0.6) is 0 Å². The normalized spacial score (nSPS) is 11.6. The van der Waals surface area contributed by atoms with E-state index in [0.717, 1.165) is 24.5 Å². The number of nitrogens with zero attached hydrogens (tertiary/aromatic N) is 3. The van der Waals surface area contributed by atoms with E-state index in [-0.39, 0.29) is 10.5 Å². The highest BCUT2D eigenvalue weighted by molar-refractivity contribution is 7.90. The Labute approximate surface area is 174 Å². The number of sulfone groups is 1. The van der Waals surface area contributed by atoms with Crippen LogP contribution >= 0.6 is 0 Å². The van der Waals surface area contributed by atoms with Crippen molar-refractivity contribution in [2.24, 2.45) is 0 Å². The predicted octanol–water partition coefficient (Wildman–Crippen LogP) is 3.36. The summed E-state index contributed by atoms with van der Waals surface area (Å²) in [5.74, 6) is 0. The third-order valence-corrected chi connectivity index (χ3v) is 6.11. The van der Waals surface area contributed by atoms with Crippen molar-refractivity contribution in [2.75, 3.05) is 6.26 Å². The largest absolute Gasteiger partial charge is 0.269 e. The van der Waals surface area contributed by atoms with Gasteiger partial charge in [0.15, 0.2) is 9.84 Å². The molecule has 0 saturated heterocycles. The number of hydrogen-bond donors (Lipinski definition) is 0. The Balaban J connectivity index is 1.77. The van der Waals surface area contributed by atoms with Gasteiger partial charge in [0.05, 0.1) is 10.6 Å².